The zero-order valence-electron chi connectivity index (χ0n) is 45.1. The summed E-state index contributed by atoms with van der Waals surface area (Å²) < 4.78 is 5.01. The first-order valence-electron chi connectivity index (χ1n) is 28.7. The average Bonchev–Trinajstić information content (AvgIpc) is 4.37. The van der Waals surface area contributed by atoms with E-state index in [0.29, 0.717) is 0 Å². The van der Waals surface area contributed by atoms with Crippen LogP contribution in [0.15, 0.2) is 261 Å². The van der Waals surface area contributed by atoms with Gasteiger partial charge in [-0.3, -0.25) is 0 Å². The van der Waals surface area contributed by atoms with E-state index in [1.807, 2.05) is 12.2 Å². The number of rotatable bonds is 11. The molecule has 0 spiro atoms. The summed E-state index contributed by atoms with van der Waals surface area (Å²) in [6, 6.07) is 55.5. The van der Waals surface area contributed by atoms with Crippen molar-refractivity contribution in [2.45, 2.75) is 62.9 Å². The lowest BCUT2D eigenvalue weighted by Crippen LogP contribution is -2.34. The second-order valence-corrected chi connectivity index (χ2v) is 22.2. The van der Waals surface area contributed by atoms with Gasteiger partial charge in [0.2, 0.25) is 0 Å². The largest absolute Gasteiger partial charge is 0.337 e. The Balaban J connectivity index is 0.823. The molecule has 4 nitrogen and oxygen atoms in total. The van der Waals surface area contributed by atoms with Gasteiger partial charge in [0.25, 0.3) is 0 Å². The first-order valence-corrected chi connectivity index (χ1v) is 28.7. The first kappa shape index (κ1) is 47.8. The number of allylic oxidation sites excluding steroid dienone is 15. The SMILES string of the molecule is C=CC=CC(=C)N1c2ccccc2C2C=C(c3ccc4c(c3)c3cc(-c5ccc6c(c5)c5c(n6C6=CC=CCC6)=CCCC=5)ccc3n4-c3ccc(C4=CC=C(N(c5cccc6ccccc56)C5C=CC=CC5)CC4)cc3)C=CC21. The lowest BCUT2D eigenvalue weighted by molar-refractivity contribution is 0.725. The van der Waals surface area contributed by atoms with Gasteiger partial charge in [0.15, 0.2) is 0 Å². The Labute approximate surface area is 468 Å². The Morgan fingerprint density at radius 1 is 0.600 bits per heavy atom. The number of para-hydroxylation sites is 1. The molecule has 0 saturated carbocycles. The molecule has 0 radical (unpaired) electrons. The topological polar surface area (TPSA) is 16.3 Å². The smallest absolute Gasteiger partial charge is 0.0629 e. The summed E-state index contributed by atoms with van der Waals surface area (Å²) in [7, 11) is 0. The minimum absolute atomic E-state index is 0.143. The monoisotopic (exact) mass is 1030 g/mol. The van der Waals surface area contributed by atoms with Crippen LogP contribution in [0, 0.1) is 0 Å². The Kier molecular flexibility index (Phi) is 11.8. The summed E-state index contributed by atoms with van der Waals surface area (Å²) in [5.41, 5.74) is 19.9. The molecule has 7 aromatic carbocycles. The molecule has 0 fully saturated rings. The van der Waals surface area contributed by atoms with Gasteiger partial charge >= 0.3 is 0 Å². The summed E-state index contributed by atoms with van der Waals surface area (Å²) in [4.78, 5) is 4.97. The standard InChI is InChI=1S/C76H62N4/c1-3-4-18-51(2)77-71-28-15-13-26-64(71)66-47-55(35-43-73(66)77)57-37-45-75-68(49-57)69-50-58(56-36-44-74-67(48-56)65-27-14-16-29-72(65)79(74)60-23-9-6-10-24-60)38-46-76(69)80(75)62-41-33-53(34-42-62)52-31-39-61(40-32-52)78(59-21-7-5-8-22-59)70-30-17-20-54-19-11-12-25-63(54)70/h3-9,11-13,15,17-21,23,25-31,33-39,41-50,59,66,73H,1-2,10,14,16,22,24,32,40H2. The molecule has 3 heterocycles. The van der Waals surface area contributed by atoms with Crippen LogP contribution in [0.5, 0.6) is 0 Å². The van der Waals surface area contributed by atoms with E-state index in [1.165, 1.54) is 116 Å². The minimum Gasteiger partial charge on any atom is -0.337 e. The number of hydrogen-bond donors (Lipinski definition) is 0. The Hall–Kier alpha value is -9.38. The molecule has 0 saturated heterocycles. The number of fused-ring (bicyclic) bond motifs is 10. The molecule has 5 aliphatic carbocycles. The zero-order chi connectivity index (χ0) is 53.3. The van der Waals surface area contributed by atoms with E-state index < -0.39 is 0 Å². The predicted molar refractivity (Wildman–Crippen MR) is 341 cm³/mol. The third kappa shape index (κ3) is 8.03. The Morgan fingerprint density at radius 2 is 1.35 bits per heavy atom. The van der Waals surface area contributed by atoms with Crippen molar-refractivity contribution in [1.29, 1.82) is 0 Å². The van der Waals surface area contributed by atoms with Crippen molar-refractivity contribution in [3.63, 3.8) is 0 Å². The average molecular weight is 1030 g/mol. The quantitative estimate of drug-likeness (QED) is 0.120. The van der Waals surface area contributed by atoms with Crippen LogP contribution in [-0.2, 0) is 0 Å². The maximum atomic E-state index is 4.50. The van der Waals surface area contributed by atoms with Crippen LogP contribution in [0.25, 0.3) is 89.3 Å². The number of anilines is 2. The van der Waals surface area contributed by atoms with E-state index in [1.54, 1.807) is 0 Å². The summed E-state index contributed by atoms with van der Waals surface area (Å²) in [5, 5.41) is 9.09. The fourth-order valence-electron chi connectivity index (χ4n) is 13.9. The molecule has 3 unspecified atom stereocenters. The van der Waals surface area contributed by atoms with Crippen LogP contribution in [0.4, 0.5) is 11.4 Å². The fourth-order valence-corrected chi connectivity index (χ4v) is 13.9. The molecule has 6 aliphatic rings. The molecule has 1 aliphatic heterocycles. The second-order valence-electron chi connectivity index (χ2n) is 22.2. The summed E-state index contributed by atoms with van der Waals surface area (Å²) >= 11 is 0. The van der Waals surface area contributed by atoms with Gasteiger partial charge in [-0.2, -0.15) is 0 Å². The molecule has 0 bridgehead atoms. The van der Waals surface area contributed by atoms with Crippen LogP contribution in [0.3, 0.4) is 0 Å². The Morgan fingerprint density at radius 3 is 2.14 bits per heavy atom. The van der Waals surface area contributed by atoms with Crippen molar-refractivity contribution < 1.29 is 0 Å². The summed E-state index contributed by atoms with van der Waals surface area (Å²) in [5.74, 6) is 0.189. The fraction of sp³-hybridized carbons (Fsp3) is 0.132. The molecular weight excluding hydrogens is 969 g/mol. The van der Waals surface area contributed by atoms with Gasteiger partial charge in [0, 0.05) is 72.2 Å². The van der Waals surface area contributed by atoms with Gasteiger partial charge in [0.05, 0.1) is 28.6 Å². The van der Waals surface area contributed by atoms with E-state index in [4.69, 9.17) is 0 Å². The van der Waals surface area contributed by atoms with Gasteiger partial charge in [-0.1, -0.05) is 183 Å². The van der Waals surface area contributed by atoms with Crippen molar-refractivity contribution in [2.75, 3.05) is 9.80 Å². The molecule has 0 N–H and O–H groups in total. The minimum atomic E-state index is 0.143. The van der Waals surface area contributed by atoms with E-state index in [-0.39, 0.29) is 18.0 Å². The van der Waals surface area contributed by atoms with Crippen molar-refractivity contribution in [2.24, 2.45) is 0 Å². The van der Waals surface area contributed by atoms with Crippen LogP contribution in [0.1, 0.15) is 67.6 Å². The number of nitrogens with zero attached hydrogens (tertiary/aromatic N) is 4. The van der Waals surface area contributed by atoms with Crippen molar-refractivity contribution in [1.82, 2.24) is 9.13 Å². The normalized spacial score (nSPS) is 19.1. The second kappa shape index (κ2) is 19.8. The third-order valence-electron chi connectivity index (χ3n) is 17.6. The van der Waals surface area contributed by atoms with Crippen LogP contribution < -0.4 is 20.4 Å². The lowest BCUT2D eigenvalue weighted by Gasteiger charge is -2.36. The van der Waals surface area contributed by atoms with Crippen molar-refractivity contribution >= 4 is 83.9 Å². The molecule has 3 atom stereocenters. The number of benzene rings is 7. The van der Waals surface area contributed by atoms with Gasteiger partial charge in [-0.15, -0.1) is 0 Å². The predicted octanol–water partition coefficient (Wildman–Crippen LogP) is 17.7. The molecule has 0 amide bonds. The highest BCUT2D eigenvalue weighted by molar-refractivity contribution is 6.12. The summed E-state index contributed by atoms with van der Waals surface area (Å²) in [6.07, 6.45) is 45.7. The molecule has 9 aromatic rings. The van der Waals surface area contributed by atoms with E-state index in [2.05, 4.69) is 269 Å². The molecule has 80 heavy (non-hydrogen) atoms. The lowest BCUT2D eigenvalue weighted by atomic mass is 9.86. The highest BCUT2D eigenvalue weighted by Crippen LogP contribution is 2.48. The van der Waals surface area contributed by atoms with E-state index in [9.17, 15) is 0 Å². The van der Waals surface area contributed by atoms with Gasteiger partial charge < -0.3 is 18.9 Å². The van der Waals surface area contributed by atoms with E-state index in [0.717, 1.165) is 56.3 Å². The molecule has 2 aromatic heterocycles. The maximum absolute atomic E-state index is 4.50. The molecule has 4 heteroatoms. The van der Waals surface area contributed by atoms with Gasteiger partial charge in [0.1, 0.15) is 0 Å². The molecule has 15 rings (SSSR count). The van der Waals surface area contributed by atoms with Crippen LogP contribution in [-0.4, -0.2) is 21.2 Å². The van der Waals surface area contributed by atoms with Crippen LogP contribution in [0.2, 0.25) is 0 Å². The van der Waals surface area contributed by atoms with Gasteiger partial charge in [-0.25, -0.2) is 0 Å². The highest BCUT2D eigenvalue weighted by atomic mass is 15.2. The van der Waals surface area contributed by atoms with Crippen LogP contribution >= 0.6 is 0 Å². The number of aromatic nitrogens is 2. The van der Waals surface area contributed by atoms with Crippen molar-refractivity contribution in [3.8, 4) is 16.8 Å². The van der Waals surface area contributed by atoms with Gasteiger partial charge in [-0.05, 0) is 168 Å². The summed E-state index contributed by atoms with van der Waals surface area (Å²) in [6.45, 7) is 8.41. The van der Waals surface area contributed by atoms with Crippen molar-refractivity contribution in [3.05, 3.63) is 289 Å². The third-order valence-corrected chi connectivity index (χ3v) is 17.6. The Bertz CT molecular complexity index is 4500. The molecular formula is C76H62N4. The van der Waals surface area contributed by atoms with E-state index >= 15 is 0 Å². The zero-order valence-corrected chi connectivity index (χ0v) is 45.1. The highest BCUT2D eigenvalue weighted by Gasteiger charge is 2.38. The molecule has 386 valence electrons. The number of hydrogen-bond acceptors (Lipinski definition) is 2. The first-order chi connectivity index (χ1) is 39.6. The maximum Gasteiger partial charge on any atom is 0.0629 e.